The number of rotatable bonds is 6. The first kappa shape index (κ1) is 20.8. The second-order valence-electron chi connectivity index (χ2n) is 9.16. The highest BCUT2D eigenvalue weighted by Crippen LogP contribution is 2.63. The smallest absolute Gasteiger partial charge is 0.334 e. The maximum atomic E-state index is 11.9. The number of hydrogen-bond donors (Lipinski definition) is 3. The fraction of sp³-hybridized carbons (Fsp3) is 0.857. The van der Waals surface area contributed by atoms with Crippen LogP contribution in [-0.2, 0) is 14.3 Å². The summed E-state index contributed by atoms with van der Waals surface area (Å²) in [6.07, 6.45) is 5.51. The van der Waals surface area contributed by atoms with Crippen LogP contribution in [0.15, 0.2) is 11.6 Å². The van der Waals surface area contributed by atoms with Crippen molar-refractivity contribution in [2.75, 3.05) is 26.9 Å². The monoisotopic (exact) mass is 382 g/mol. The lowest BCUT2D eigenvalue weighted by molar-refractivity contribution is -0.230. The Morgan fingerprint density at radius 3 is 2.52 bits per heavy atom. The van der Waals surface area contributed by atoms with Gasteiger partial charge in [0.2, 0.25) is 0 Å². The number of methoxy groups -OCH3 is 1. The van der Waals surface area contributed by atoms with E-state index in [9.17, 15) is 20.1 Å². The molecule has 3 N–H and O–H groups in total. The molecular formula is C21H34O6. The molecule has 6 nitrogen and oxygen atoms in total. The Balaban J connectivity index is 1.94. The Labute approximate surface area is 161 Å². The van der Waals surface area contributed by atoms with Gasteiger partial charge in [-0.25, -0.2) is 4.79 Å². The molecule has 2 saturated carbocycles. The van der Waals surface area contributed by atoms with Crippen LogP contribution < -0.4 is 0 Å². The number of carbonyl (C=O) groups excluding carboxylic acids is 1. The SMILES string of the molecule is CO[C@]1(CO)CC[C@@H]2[C@](C)(CO)[C@H](O)CC[C@@]2(C)[C@@H]1CCC1=CCOC1=O. The third-order valence-corrected chi connectivity index (χ3v) is 8.12. The fourth-order valence-electron chi connectivity index (χ4n) is 6.38. The highest BCUT2D eigenvalue weighted by molar-refractivity contribution is 5.90. The highest BCUT2D eigenvalue weighted by atomic mass is 16.5. The molecule has 0 unspecified atom stereocenters. The van der Waals surface area contributed by atoms with Crippen molar-refractivity contribution in [1.29, 1.82) is 0 Å². The van der Waals surface area contributed by atoms with Crippen LogP contribution in [0, 0.1) is 22.7 Å². The molecule has 3 aliphatic rings. The zero-order valence-electron chi connectivity index (χ0n) is 16.7. The van der Waals surface area contributed by atoms with Crippen molar-refractivity contribution in [3.63, 3.8) is 0 Å². The molecule has 0 amide bonds. The quantitative estimate of drug-likeness (QED) is 0.607. The predicted octanol–water partition coefficient (Wildman–Crippen LogP) is 1.81. The van der Waals surface area contributed by atoms with Crippen LogP contribution >= 0.6 is 0 Å². The van der Waals surface area contributed by atoms with Crippen molar-refractivity contribution < 1.29 is 29.6 Å². The number of aliphatic hydroxyl groups is 3. The van der Waals surface area contributed by atoms with E-state index in [-0.39, 0.29) is 36.4 Å². The first-order valence-electron chi connectivity index (χ1n) is 10.1. The summed E-state index contributed by atoms with van der Waals surface area (Å²) in [5.41, 5.74) is -0.722. The molecule has 6 heteroatoms. The minimum atomic E-state index is -0.660. The van der Waals surface area contributed by atoms with Crippen molar-refractivity contribution in [1.82, 2.24) is 0 Å². The topological polar surface area (TPSA) is 96.2 Å². The van der Waals surface area contributed by atoms with Crippen LogP contribution in [0.4, 0.5) is 0 Å². The number of cyclic esters (lactones) is 1. The fourth-order valence-corrected chi connectivity index (χ4v) is 6.38. The zero-order valence-corrected chi connectivity index (χ0v) is 16.7. The first-order chi connectivity index (χ1) is 12.8. The van der Waals surface area contributed by atoms with Gasteiger partial charge in [-0.3, -0.25) is 0 Å². The van der Waals surface area contributed by atoms with Gasteiger partial charge in [0.25, 0.3) is 0 Å². The Bertz CT molecular complexity index is 597. The van der Waals surface area contributed by atoms with E-state index in [4.69, 9.17) is 9.47 Å². The van der Waals surface area contributed by atoms with Gasteiger partial charge >= 0.3 is 5.97 Å². The molecule has 0 radical (unpaired) electrons. The molecule has 2 aliphatic carbocycles. The largest absolute Gasteiger partial charge is 0.458 e. The Morgan fingerprint density at radius 1 is 1.22 bits per heavy atom. The first-order valence-corrected chi connectivity index (χ1v) is 10.1. The van der Waals surface area contributed by atoms with E-state index in [1.165, 1.54) is 0 Å². The molecule has 154 valence electrons. The van der Waals surface area contributed by atoms with Crippen LogP contribution in [0.2, 0.25) is 0 Å². The Kier molecular flexibility index (Phi) is 5.75. The summed E-state index contributed by atoms with van der Waals surface area (Å²) in [6, 6.07) is 0. The third-order valence-electron chi connectivity index (χ3n) is 8.12. The van der Waals surface area contributed by atoms with Gasteiger partial charge in [-0.05, 0) is 61.9 Å². The normalized spacial score (nSPS) is 44.6. The van der Waals surface area contributed by atoms with Gasteiger partial charge in [-0.2, -0.15) is 0 Å². The van der Waals surface area contributed by atoms with Crippen LogP contribution in [0.5, 0.6) is 0 Å². The summed E-state index contributed by atoms with van der Waals surface area (Å²) in [5, 5.41) is 31.0. The van der Waals surface area contributed by atoms with Crippen molar-refractivity contribution in [3.05, 3.63) is 11.6 Å². The van der Waals surface area contributed by atoms with Crippen molar-refractivity contribution in [2.45, 2.75) is 64.1 Å². The summed E-state index contributed by atoms with van der Waals surface area (Å²) < 4.78 is 10.9. The van der Waals surface area contributed by atoms with E-state index in [2.05, 4.69) is 6.92 Å². The van der Waals surface area contributed by atoms with Crippen LogP contribution in [0.25, 0.3) is 0 Å². The van der Waals surface area contributed by atoms with Gasteiger partial charge in [0.05, 0.1) is 24.9 Å². The zero-order chi connectivity index (χ0) is 19.9. The number of aliphatic hydroxyl groups excluding tert-OH is 3. The number of fused-ring (bicyclic) bond motifs is 1. The summed E-state index contributed by atoms with van der Waals surface area (Å²) in [4.78, 5) is 11.9. The molecule has 2 fully saturated rings. The second-order valence-corrected chi connectivity index (χ2v) is 9.16. The molecule has 6 atom stereocenters. The van der Waals surface area contributed by atoms with E-state index in [1.807, 2.05) is 13.0 Å². The molecule has 0 saturated heterocycles. The summed E-state index contributed by atoms with van der Waals surface area (Å²) >= 11 is 0. The number of esters is 1. The highest BCUT2D eigenvalue weighted by Gasteiger charge is 2.62. The number of carbonyl (C=O) groups is 1. The van der Waals surface area contributed by atoms with E-state index in [1.54, 1.807) is 7.11 Å². The lowest BCUT2D eigenvalue weighted by atomic mass is 9.44. The molecular weight excluding hydrogens is 348 g/mol. The molecule has 3 rings (SSSR count). The van der Waals surface area contributed by atoms with Gasteiger partial charge in [0, 0.05) is 18.1 Å². The van der Waals surface area contributed by atoms with Crippen molar-refractivity contribution in [2.24, 2.45) is 22.7 Å². The second kappa shape index (κ2) is 7.47. The third kappa shape index (κ3) is 3.15. The van der Waals surface area contributed by atoms with E-state index in [0.29, 0.717) is 37.9 Å². The van der Waals surface area contributed by atoms with Gasteiger partial charge < -0.3 is 24.8 Å². The molecule has 0 aromatic carbocycles. The minimum absolute atomic E-state index is 0.0198. The average Bonchev–Trinajstić information content (AvgIpc) is 3.08. The number of hydrogen-bond acceptors (Lipinski definition) is 6. The minimum Gasteiger partial charge on any atom is -0.458 e. The maximum Gasteiger partial charge on any atom is 0.334 e. The summed E-state index contributed by atoms with van der Waals surface area (Å²) in [6.45, 7) is 4.40. The Hall–Kier alpha value is -0.950. The molecule has 0 bridgehead atoms. The molecule has 0 aromatic rings. The predicted molar refractivity (Wildman–Crippen MR) is 99.9 cm³/mol. The lowest BCUT2D eigenvalue weighted by Crippen LogP contribution is -2.64. The van der Waals surface area contributed by atoms with Crippen LogP contribution in [0.3, 0.4) is 0 Å². The maximum absolute atomic E-state index is 11.9. The van der Waals surface area contributed by atoms with E-state index < -0.39 is 17.1 Å². The van der Waals surface area contributed by atoms with Gasteiger partial charge in [-0.15, -0.1) is 0 Å². The standard InChI is InChI=1S/C21H34O6/c1-19-9-7-17(24)20(2,12-22)15(19)6-10-21(13-23,26-3)16(19)5-4-14-8-11-27-18(14)25/h8,15-17,22-24H,4-7,9-13H2,1-3H3/t15-,16-,17+,19+,20-,21-/m0/s1. The molecule has 1 aliphatic heterocycles. The van der Waals surface area contributed by atoms with Gasteiger partial charge in [-0.1, -0.05) is 13.8 Å². The summed E-state index contributed by atoms with van der Waals surface area (Å²) in [7, 11) is 1.65. The van der Waals surface area contributed by atoms with Crippen molar-refractivity contribution in [3.8, 4) is 0 Å². The van der Waals surface area contributed by atoms with Crippen LogP contribution in [-0.4, -0.2) is 59.9 Å². The molecule has 0 aromatic heterocycles. The lowest BCUT2D eigenvalue weighted by Gasteiger charge is -2.63. The van der Waals surface area contributed by atoms with Crippen molar-refractivity contribution >= 4 is 5.97 Å². The van der Waals surface area contributed by atoms with E-state index in [0.717, 1.165) is 12.8 Å². The van der Waals surface area contributed by atoms with Crippen LogP contribution in [0.1, 0.15) is 52.4 Å². The number of ether oxygens (including phenoxy) is 2. The van der Waals surface area contributed by atoms with E-state index >= 15 is 0 Å². The average molecular weight is 382 g/mol. The van der Waals surface area contributed by atoms with Gasteiger partial charge in [0.1, 0.15) is 6.61 Å². The van der Waals surface area contributed by atoms with Gasteiger partial charge in [0.15, 0.2) is 0 Å². The summed E-state index contributed by atoms with van der Waals surface area (Å²) in [5.74, 6) is -0.103. The Morgan fingerprint density at radius 2 is 1.96 bits per heavy atom. The molecule has 27 heavy (non-hydrogen) atoms. The molecule has 0 spiro atoms. The molecule has 1 heterocycles.